The Morgan fingerprint density at radius 3 is 2.52 bits per heavy atom. The predicted octanol–water partition coefficient (Wildman–Crippen LogP) is 3.43. The third-order valence-corrected chi connectivity index (χ3v) is 3.48. The van der Waals surface area contributed by atoms with Gasteiger partial charge in [0.1, 0.15) is 17.2 Å². The minimum absolute atomic E-state index is 0.148. The molecule has 1 atom stereocenters. The van der Waals surface area contributed by atoms with Gasteiger partial charge >= 0.3 is 5.97 Å². The average molecular weight is 337 g/mol. The van der Waals surface area contributed by atoms with Gasteiger partial charge in [-0.1, -0.05) is 23.7 Å². The van der Waals surface area contributed by atoms with Crippen molar-refractivity contribution in [1.82, 2.24) is 0 Å². The minimum atomic E-state index is -1.07. The molecule has 23 heavy (non-hydrogen) atoms. The lowest BCUT2D eigenvalue weighted by Crippen LogP contribution is -2.29. The molecule has 122 valence electrons. The van der Waals surface area contributed by atoms with Crippen molar-refractivity contribution in [3.63, 3.8) is 0 Å². The summed E-state index contributed by atoms with van der Waals surface area (Å²) in [4.78, 5) is 11.5. The summed E-state index contributed by atoms with van der Waals surface area (Å²) in [5.74, 6) is 0.513. The Kier molecular flexibility index (Phi) is 5.71. The number of methoxy groups -OCH3 is 2. The van der Waals surface area contributed by atoms with Crippen LogP contribution in [0.2, 0.25) is 5.02 Å². The summed E-state index contributed by atoms with van der Waals surface area (Å²) in [7, 11) is 3.07. The van der Waals surface area contributed by atoms with Crippen molar-refractivity contribution in [2.24, 2.45) is 0 Å². The Morgan fingerprint density at radius 1 is 1.13 bits per heavy atom. The number of hydrogen-bond donors (Lipinski definition) is 1. The van der Waals surface area contributed by atoms with E-state index < -0.39 is 12.1 Å². The smallest absolute Gasteiger partial charge is 0.345 e. The van der Waals surface area contributed by atoms with E-state index in [9.17, 15) is 9.90 Å². The zero-order valence-electron chi connectivity index (χ0n) is 12.8. The van der Waals surface area contributed by atoms with Gasteiger partial charge in [0.05, 0.1) is 14.2 Å². The fourth-order valence-electron chi connectivity index (χ4n) is 2.10. The van der Waals surface area contributed by atoms with E-state index in [-0.39, 0.29) is 6.42 Å². The summed E-state index contributed by atoms with van der Waals surface area (Å²) in [6.07, 6.45) is -0.912. The number of carbonyl (C=O) groups is 1. The van der Waals surface area contributed by atoms with Crippen LogP contribution in [0.15, 0.2) is 42.5 Å². The lowest BCUT2D eigenvalue weighted by Gasteiger charge is -2.17. The monoisotopic (exact) mass is 336 g/mol. The summed E-state index contributed by atoms with van der Waals surface area (Å²) in [5, 5.41) is 9.89. The van der Waals surface area contributed by atoms with Gasteiger partial charge in [0.25, 0.3) is 0 Å². The molecule has 2 aromatic rings. The number of carboxylic acids is 1. The van der Waals surface area contributed by atoms with Crippen LogP contribution < -0.4 is 14.2 Å². The predicted molar refractivity (Wildman–Crippen MR) is 86.8 cm³/mol. The van der Waals surface area contributed by atoms with Crippen molar-refractivity contribution in [2.45, 2.75) is 12.5 Å². The van der Waals surface area contributed by atoms with Crippen molar-refractivity contribution in [2.75, 3.05) is 14.2 Å². The average Bonchev–Trinajstić information content (AvgIpc) is 2.54. The molecular weight excluding hydrogens is 320 g/mol. The highest BCUT2D eigenvalue weighted by Gasteiger charge is 2.22. The van der Waals surface area contributed by atoms with Crippen molar-refractivity contribution < 1.29 is 24.1 Å². The summed E-state index contributed by atoms with van der Waals surface area (Å²) in [6.45, 7) is 0. The van der Waals surface area contributed by atoms with Crippen molar-refractivity contribution in [3.05, 3.63) is 53.1 Å². The molecule has 0 fully saturated rings. The molecule has 2 aromatic carbocycles. The van der Waals surface area contributed by atoms with E-state index in [0.29, 0.717) is 27.8 Å². The van der Waals surface area contributed by atoms with Gasteiger partial charge in [-0.15, -0.1) is 0 Å². The Bertz CT molecular complexity index is 686. The molecule has 5 nitrogen and oxygen atoms in total. The Balaban J connectivity index is 2.21. The highest BCUT2D eigenvalue weighted by molar-refractivity contribution is 6.30. The van der Waals surface area contributed by atoms with Gasteiger partial charge < -0.3 is 19.3 Å². The molecule has 0 radical (unpaired) electrons. The summed E-state index contributed by atoms with van der Waals surface area (Å²) in [6, 6.07) is 11.8. The molecule has 0 aromatic heterocycles. The third-order valence-electron chi connectivity index (χ3n) is 3.25. The standard InChI is InChI=1S/C17H17ClO5/c1-21-13-7-6-11(15(10-13)22-2)8-16(17(19)20)23-14-5-3-4-12(18)9-14/h3-7,9-10,16H,8H2,1-2H3,(H,19,20). The Labute approximate surface area is 139 Å². The molecule has 0 saturated heterocycles. The molecular formula is C17H17ClO5. The molecule has 6 heteroatoms. The van der Waals surface area contributed by atoms with E-state index >= 15 is 0 Å². The number of benzene rings is 2. The SMILES string of the molecule is COc1ccc(CC(Oc2cccc(Cl)c2)C(=O)O)c(OC)c1. The van der Waals surface area contributed by atoms with Crippen LogP contribution in [0.4, 0.5) is 0 Å². The Morgan fingerprint density at radius 2 is 1.91 bits per heavy atom. The van der Waals surface area contributed by atoms with Crippen LogP contribution in [-0.4, -0.2) is 31.4 Å². The van der Waals surface area contributed by atoms with Crippen LogP contribution in [0.3, 0.4) is 0 Å². The molecule has 0 heterocycles. The van der Waals surface area contributed by atoms with E-state index in [2.05, 4.69) is 0 Å². The van der Waals surface area contributed by atoms with E-state index in [1.807, 2.05) is 0 Å². The van der Waals surface area contributed by atoms with Crippen LogP contribution >= 0.6 is 11.6 Å². The first kappa shape index (κ1) is 17.0. The maximum atomic E-state index is 11.5. The highest BCUT2D eigenvalue weighted by atomic mass is 35.5. The highest BCUT2D eigenvalue weighted by Crippen LogP contribution is 2.27. The van der Waals surface area contributed by atoms with Crippen molar-refractivity contribution in [1.29, 1.82) is 0 Å². The number of hydrogen-bond acceptors (Lipinski definition) is 4. The van der Waals surface area contributed by atoms with Crippen LogP contribution in [0.25, 0.3) is 0 Å². The quantitative estimate of drug-likeness (QED) is 0.839. The Hall–Kier alpha value is -2.40. The van der Waals surface area contributed by atoms with E-state index in [1.165, 1.54) is 7.11 Å². The summed E-state index contributed by atoms with van der Waals surface area (Å²) in [5.41, 5.74) is 0.711. The van der Waals surface area contributed by atoms with Crippen LogP contribution in [-0.2, 0) is 11.2 Å². The first-order valence-electron chi connectivity index (χ1n) is 6.89. The van der Waals surface area contributed by atoms with Gasteiger partial charge in [0.15, 0.2) is 6.10 Å². The molecule has 1 unspecified atom stereocenters. The molecule has 0 aliphatic heterocycles. The van der Waals surface area contributed by atoms with E-state index in [4.69, 9.17) is 25.8 Å². The van der Waals surface area contributed by atoms with Crippen LogP contribution in [0.1, 0.15) is 5.56 Å². The fourth-order valence-corrected chi connectivity index (χ4v) is 2.28. The fraction of sp³-hybridized carbons (Fsp3) is 0.235. The third kappa shape index (κ3) is 4.53. The van der Waals surface area contributed by atoms with Gasteiger partial charge in [-0.05, 0) is 29.8 Å². The molecule has 1 N–H and O–H groups in total. The first-order chi connectivity index (χ1) is 11.0. The van der Waals surface area contributed by atoms with Gasteiger partial charge in [-0.2, -0.15) is 0 Å². The summed E-state index contributed by atoms with van der Waals surface area (Å²) < 4.78 is 16.0. The topological polar surface area (TPSA) is 65.0 Å². The number of rotatable bonds is 7. The van der Waals surface area contributed by atoms with Gasteiger partial charge in [0.2, 0.25) is 0 Å². The first-order valence-corrected chi connectivity index (χ1v) is 7.27. The molecule has 0 saturated carbocycles. The van der Waals surface area contributed by atoms with Crippen LogP contribution in [0, 0.1) is 0 Å². The molecule has 0 amide bonds. The number of ether oxygens (including phenoxy) is 3. The van der Waals surface area contributed by atoms with Gasteiger partial charge in [0, 0.05) is 17.5 Å². The molecule has 0 bridgehead atoms. The number of aliphatic carboxylic acids is 1. The number of carboxylic acid groups (broad SMARTS) is 1. The van der Waals surface area contributed by atoms with Gasteiger partial charge in [-0.25, -0.2) is 4.79 Å². The van der Waals surface area contributed by atoms with Crippen LogP contribution in [0.5, 0.6) is 17.2 Å². The second kappa shape index (κ2) is 7.74. The molecule has 2 rings (SSSR count). The molecule has 0 aliphatic rings. The maximum absolute atomic E-state index is 11.5. The lowest BCUT2D eigenvalue weighted by molar-refractivity contribution is -0.145. The second-order valence-electron chi connectivity index (χ2n) is 4.78. The molecule has 0 spiro atoms. The number of halogens is 1. The maximum Gasteiger partial charge on any atom is 0.345 e. The van der Waals surface area contributed by atoms with E-state index in [0.717, 1.165) is 0 Å². The van der Waals surface area contributed by atoms with E-state index in [1.54, 1.807) is 49.6 Å². The zero-order chi connectivity index (χ0) is 16.8. The van der Waals surface area contributed by atoms with Crippen molar-refractivity contribution >= 4 is 17.6 Å². The lowest BCUT2D eigenvalue weighted by atomic mass is 10.1. The van der Waals surface area contributed by atoms with Gasteiger partial charge in [-0.3, -0.25) is 0 Å². The van der Waals surface area contributed by atoms with Crippen molar-refractivity contribution in [3.8, 4) is 17.2 Å². The zero-order valence-corrected chi connectivity index (χ0v) is 13.5. The minimum Gasteiger partial charge on any atom is -0.497 e. The normalized spacial score (nSPS) is 11.6. The molecule has 0 aliphatic carbocycles. The largest absolute Gasteiger partial charge is 0.497 e. The second-order valence-corrected chi connectivity index (χ2v) is 5.22. The summed E-state index contributed by atoms with van der Waals surface area (Å²) >= 11 is 5.89.